The zero-order valence-corrected chi connectivity index (χ0v) is 9.17. The van der Waals surface area contributed by atoms with Gasteiger partial charge < -0.3 is 0 Å². The lowest BCUT2D eigenvalue weighted by molar-refractivity contribution is 0.0240. The summed E-state index contributed by atoms with van der Waals surface area (Å²) in [6.45, 7) is 1.37. The molecule has 3 heteroatoms. The molecule has 0 bridgehead atoms. The topological polar surface area (TPSA) is 21.3 Å². The van der Waals surface area contributed by atoms with Gasteiger partial charge in [-0.3, -0.25) is 4.84 Å². The van der Waals surface area contributed by atoms with E-state index < -0.39 is 0 Å². The van der Waals surface area contributed by atoms with Crippen LogP contribution in [0.1, 0.15) is 10.4 Å². The van der Waals surface area contributed by atoms with Crippen LogP contribution in [0.5, 0.6) is 0 Å². The first-order valence-corrected chi connectivity index (χ1v) is 5.74. The highest BCUT2D eigenvalue weighted by Gasteiger charge is 1.93. The summed E-state index contributed by atoms with van der Waals surface area (Å²) in [4.78, 5) is 6.63. The van der Waals surface area contributed by atoms with Crippen molar-refractivity contribution in [2.75, 3.05) is 0 Å². The Hall–Kier alpha value is -1.16. The van der Waals surface area contributed by atoms with Gasteiger partial charge in [0.05, 0.1) is 13.2 Å². The molecule has 1 aromatic heterocycles. The van der Waals surface area contributed by atoms with Crippen molar-refractivity contribution in [1.82, 2.24) is 5.48 Å². The second-order valence-corrected chi connectivity index (χ2v) is 4.21. The van der Waals surface area contributed by atoms with Crippen molar-refractivity contribution in [1.29, 1.82) is 0 Å². The number of nitrogens with one attached hydrogen (secondary N) is 1. The molecule has 0 amide bonds. The van der Waals surface area contributed by atoms with Crippen molar-refractivity contribution in [3.8, 4) is 0 Å². The van der Waals surface area contributed by atoms with Crippen molar-refractivity contribution in [2.24, 2.45) is 0 Å². The molecule has 15 heavy (non-hydrogen) atoms. The Morgan fingerprint density at radius 3 is 2.67 bits per heavy atom. The van der Waals surface area contributed by atoms with Crippen LogP contribution >= 0.6 is 11.3 Å². The maximum Gasteiger partial charge on any atom is 0.0933 e. The normalized spacial score (nSPS) is 10.4. The van der Waals surface area contributed by atoms with Crippen LogP contribution in [-0.4, -0.2) is 0 Å². The highest BCUT2D eigenvalue weighted by atomic mass is 32.1. The predicted octanol–water partition coefficient (Wildman–Crippen LogP) is 2.97. The third kappa shape index (κ3) is 3.47. The molecule has 1 N–H and O–H groups in total. The molecular formula is C12H13NOS. The highest BCUT2D eigenvalue weighted by Crippen LogP contribution is 2.07. The van der Waals surface area contributed by atoms with Crippen molar-refractivity contribution in [3.63, 3.8) is 0 Å². The molecule has 1 heterocycles. The lowest BCUT2D eigenvalue weighted by Gasteiger charge is -2.04. The van der Waals surface area contributed by atoms with Crippen LogP contribution in [0.4, 0.5) is 0 Å². The number of rotatable bonds is 5. The third-order valence-electron chi connectivity index (χ3n) is 2.01. The predicted molar refractivity (Wildman–Crippen MR) is 62.4 cm³/mol. The van der Waals surface area contributed by atoms with Crippen molar-refractivity contribution in [2.45, 2.75) is 13.2 Å². The third-order valence-corrected chi connectivity index (χ3v) is 2.89. The molecule has 0 saturated heterocycles. The first-order valence-electron chi connectivity index (χ1n) is 4.86. The van der Waals surface area contributed by atoms with Crippen LogP contribution in [0, 0.1) is 0 Å². The molecular weight excluding hydrogens is 206 g/mol. The maximum absolute atomic E-state index is 5.35. The molecule has 2 rings (SSSR count). The molecule has 0 radical (unpaired) electrons. The summed E-state index contributed by atoms with van der Waals surface area (Å²) < 4.78 is 0. The molecule has 78 valence electrons. The van der Waals surface area contributed by atoms with E-state index >= 15 is 0 Å². The average Bonchev–Trinajstić information content (AvgIpc) is 2.79. The minimum Gasteiger partial charge on any atom is -0.297 e. The molecule has 1 aromatic carbocycles. The van der Waals surface area contributed by atoms with E-state index in [0.29, 0.717) is 6.61 Å². The summed E-state index contributed by atoms with van der Waals surface area (Å²) in [6, 6.07) is 14.3. The van der Waals surface area contributed by atoms with Crippen LogP contribution in [0.2, 0.25) is 0 Å². The van der Waals surface area contributed by atoms with E-state index in [2.05, 4.69) is 16.9 Å². The number of hydrogen-bond acceptors (Lipinski definition) is 3. The first-order chi connectivity index (χ1) is 7.45. The van der Waals surface area contributed by atoms with Gasteiger partial charge in [0, 0.05) is 4.88 Å². The summed E-state index contributed by atoms with van der Waals surface area (Å²) in [7, 11) is 0. The molecule has 0 aliphatic heterocycles. The Labute approximate surface area is 93.5 Å². The zero-order valence-electron chi connectivity index (χ0n) is 8.35. The molecule has 0 saturated carbocycles. The van der Waals surface area contributed by atoms with Crippen molar-refractivity contribution >= 4 is 11.3 Å². The molecule has 2 nitrogen and oxygen atoms in total. The Morgan fingerprint density at radius 2 is 1.93 bits per heavy atom. The summed E-state index contributed by atoms with van der Waals surface area (Å²) in [6.07, 6.45) is 0. The van der Waals surface area contributed by atoms with E-state index in [1.54, 1.807) is 11.3 Å². The summed E-state index contributed by atoms with van der Waals surface area (Å²) in [5, 5.41) is 2.06. The Kier molecular flexibility index (Phi) is 3.91. The average molecular weight is 219 g/mol. The Bertz CT molecular complexity index is 372. The van der Waals surface area contributed by atoms with E-state index in [0.717, 1.165) is 6.54 Å². The van der Waals surface area contributed by atoms with Crippen LogP contribution in [0.3, 0.4) is 0 Å². The second kappa shape index (κ2) is 5.66. The van der Waals surface area contributed by atoms with Gasteiger partial charge in [0.15, 0.2) is 0 Å². The minimum absolute atomic E-state index is 0.603. The number of hydroxylamine groups is 1. The zero-order chi connectivity index (χ0) is 10.3. The number of thiophene rings is 1. The first kappa shape index (κ1) is 10.4. The van der Waals surface area contributed by atoms with Crippen LogP contribution in [0.25, 0.3) is 0 Å². The maximum atomic E-state index is 5.35. The van der Waals surface area contributed by atoms with Gasteiger partial charge in [0.1, 0.15) is 0 Å². The highest BCUT2D eigenvalue weighted by molar-refractivity contribution is 7.09. The van der Waals surface area contributed by atoms with Gasteiger partial charge in [0.2, 0.25) is 0 Å². The van der Waals surface area contributed by atoms with E-state index in [1.807, 2.05) is 36.4 Å². The fraction of sp³-hybridized carbons (Fsp3) is 0.167. The summed E-state index contributed by atoms with van der Waals surface area (Å²) >= 11 is 1.73. The molecule has 2 aromatic rings. The fourth-order valence-electron chi connectivity index (χ4n) is 1.24. The quantitative estimate of drug-likeness (QED) is 0.616. The van der Waals surface area contributed by atoms with Gasteiger partial charge in [-0.05, 0) is 17.0 Å². The van der Waals surface area contributed by atoms with E-state index in [-0.39, 0.29) is 0 Å². The van der Waals surface area contributed by atoms with Crippen molar-refractivity contribution in [3.05, 3.63) is 58.3 Å². The van der Waals surface area contributed by atoms with E-state index in [9.17, 15) is 0 Å². The van der Waals surface area contributed by atoms with Crippen LogP contribution in [0.15, 0.2) is 47.8 Å². The largest absolute Gasteiger partial charge is 0.297 e. The van der Waals surface area contributed by atoms with Gasteiger partial charge in [0.25, 0.3) is 0 Å². The molecule has 0 fully saturated rings. The summed E-state index contributed by atoms with van der Waals surface area (Å²) in [5.41, 5.74) is 4.12. The monoisotopic (exact) mass is 219 g/mol. The molecule has 0 aliphatic rings. The van der Waals surface area contributed by atoms with Gasteiger partial charge in [-0.2, -0.15) is 5.48 Å². The molecule has 0 unspecified atom stereocenters. The second-order valence-electron chi connectivity index (χ2n) is 3.17. The lowest BCUT2D eigenvalue weighted by Crippen LogP contribution is -2.12. The van der Waals surface area contributed by atoms with E-state index in [4.69, 9.17) is 4.84 Å². The van der Waals surface area contributed by atoms with Gasteiger partial charge >= 0.3 is 0 Å². The molecule has 0 spiro atoms. The number of benzene rings is 1. The van der Waals surface area contributed by atoms with Gasteiger partial charge in [-0.25, -0.2) is 0 Å². The van der Waals surface area contributed by atoms with Gasteiger partial charge in [-0.15, -0.1) is 11.3 Å². The molecule has 0 atom stereocenters. The summed E-state index contributed by atoms with van der Waals surface area (Å²) in [5.74, 6) is 0. The number of hydrogen-bond donors (Lipinski definition) is 1. The fourth-order valence-corrected chi connectivity index (χ4v) is 1.88. The SMILES string of the molecule is c1ccc(CONCc2cccs2)cc1. The van der Waals surface area contributed by atoms with Crippen LogP contribution < -0.4 is 5.48 Å². The van der Waals surface area contributed by atoms with Crippen molar-refractivity contribution < 1.29 is 4.84 Å². The van der Waals surface area contributed by atoms with Crippen LogP contribution in [-0.2, 0) is 18.0 Å². The lowest BCUT2D eigenvalue weighted by atomic mass is 10.2. The Balaban J connectivity index is 1.68. The Morgan fingerprint density at radius 1 is 1.07 bits per heavy atom. The standard InChI is InChI=1S/C12H13NOS/c1-2-5-11(6-3-1)10-14-13-9-12-7-4-8-15-12/h1-8,13H,9-10H2. The molecule has 0 aliphatic carbocycles. The van der Waals surface area contributed by atoms with Gasteiger partial charge in [-0.1, -0.05) is 36.4 Å². The van der Waals surface area contributed by atoms with E-state index in [1.165, 1.54) is 10.4 Å². The smallest absolute Gasteiger partial charge is 0.0933 e. The minimum atomic E-state index is 0.603.